The molecule has 11 heavy (non-hydrogen) atoms. The number of ether oxygens (including phenoxy) is 1. The summed E-state index contributed by atoms with van der Waals surface area (Å²) in [7, 11) is 5.94. The van der Waals surface area contributed by atoms with Crippen molar-refractivity contribution in [2.24, 2.45) is 0 Å². The van der Waals surface area contributed by atoms with E-state index in [-0.39, 0.29) is 0 Å². The van der Waals surface area contributed by atoms with Crippen LogP contribution in [0.1, 0.15) is 6.42 Å². The average Bonchev–Trinajstić information content (AvgIpc) is 2.33. The van der Waals surface area contributed by atoms with E-state index in [0.717, 1.165) is 13.2 Å². The van der Waals surface area contributed by atoms with Crippen LogP contribution in [0.2, 0.25) is 0 Å². The number of likely N-dealkylation sites (N-methyl/N-ethyl adjacent to an activating group) is 2. The van der Waals surface area contributed by atoms with Crippen molar-refractivity contribution in [3.05, 3.63) is 0 Å². The Morgan fingerprint density at radius 3 is 2.82 bits per heavy atom. The van der Waals surface area contributed by atoms with Gasteiger partial charge in [0.25, 0.3) is 0 Å². The smallest absolute Gasteiger partial charge is 0.0618 e. The molecule has 0 aromatic rings. The van der Waals surface area contributed by atoms with Crippen molar-refractivity contribution in [2.75, 3.05) is 34.4 Å². The number of hydrogen-bond donors (Lipinski definition) is 1. The lowest BCUT2D eigenvalue weighted by Crippen LogP contribution is -2.29. The Balaban J connectivity index is 2.32. The van der Waals surface area contributed by atoms with Gasteiger partial charge in [-0.05, 0) is 20.5 Å². The predicted molar refractivity (Wildman–Crippen MR) is 45.8 cm³/mol. The average molecular weight is 158 g/mol. The number of nitrogens with zero attached hydrogens (tertiary/aromatic N) is 1. The van der Waals surface area contributed by atoms with Crippen LogP contribution in [-0.4, -0.2) is 51.3 Å². The lowest BCUT2D eigenvalue weighted by molar-refractivity contribution is 0.129. The zero-order valence-corrected chi connectivity index (χ0v) is 7.63. The predicted octanol–water partition coefficient (Wildman–Crippen LogP) is -0.0751. The first kappa shape index (κ1) is 8.97. The largest absolute Gasteiger partial charge is 0.383 e. The molecule has 1 heterocycles. The lowest BCUT2D eigenvalue weighted by atomic mass is 10.2. The Bertz CT molecular complexity index is 119. The molecule has 3 nitrogen and oxygen atoms in total. The van der Waals surface area contributed by atoms with Gasteiger partial charge < -0.3 is 10.1 Å². The summed E-state index contributed by atoms with van der Waals surface area (Å²) in [4.78, 5) is 2.35. The summed E-state index contributed by atoms with van der Waals surface area (Å²) < 4.78 is 5.12. The quantitative estimate of drug-likeness (QED) is 0.622. The molecule has 0 aliphatic carbocycles. The summed E-state index contributed by atoms with van der Waals surface area (Å²) in [6, 6.07) is 1.26. The van der Waals surface area contributed by atoms with E-state index in [0.29, 0.717) is 12.1 Å². The fourth-order valence-electron chi connectivity index (χ4n) is 1.68. The van der Waals surface area contributed by atoms with Gasteiger partial charge in [-0.15, -0.1) is 0 Å². The first-order valence-electron chi connectivity index (χ1n) is 4.14. The topological polar surface area (TPSA) is 24.5 Å². The fourth-order valence-corrected chi connectivity index (χ4v) is 1.68. The van der Waals surface area contributed by atoms with E-state index in [9.17, 15) is 0 Å². The van der Waals surface area contributed by atoms with Crippen LogP contribution in [0.3, 0.4) is 0 Å². The first-order chi connectivity index (χ1) is 5.27. The molecule has 0 saturated carbocycles. The molecule has 0 radical (unpaired) electrons. The Kier molecular flexibility index (Phi) is 3.30. The van der Waals surface area contributed by atoms with Crippen molar-refractivity contribution < 1.29 is 4.74 Å². The molecule has 2 atom stereocenters. The zero-order chi connectivity index (χ0) is 8.27. The molecule has 1 aliphatic rings. The van der Waals surface area contributed by atoms with E-state index in [2.05, 4.69) is 17.3 Å². The minimum Gasteiger partial charge on any atom is -0.383 e. The van der Waals surface area contributed by atoms with E-state index >= 15 is 0 Å². The number of likely N-dealkylation sites (tertiary alicyclic amines) is 1. The molecule has 0 bridgehead atoms. The maximum atomic E-state index is 5.12. The van der Waals surface area contributed by atoms with Crippen molar-refractivity contribution in [2.45, 2.75) is 18.5 Å². The molecule has 0 unspecified atom stereocenters. The third-order valence-electron chi connectivity index (χ3n) is 2.46. The third-order valence-corrected chi connectivity index (χ3v) is 2.46. The van der Waals surface area contributed by atoms with Crippen molar-refractivity contribution in [1.82, 2.24) is 10.2 Å². The van der Waals surface area contributed by atoms with Crippen LogP contribution in [0.4, 0.5) is 0 Å². The molecule has 1 fully saturated rings. The van der Waals surface area contributed by atoms with Gasteiger partial charge in [0.05, 0.1) is 6.61 Å². The standard InChI is InChI=1S/C8H18N2O/c1-9-7-4-8(6-11-3)10(2)5-7/h7-9H,4-6H2,1-3H3/t7-,8-/m0/s1. The Labute approximate surface area is 68.7 Å². The highest BCUT2D eigenvalue weighted by Crippen LogP contribution is 2.15. The summed E-state index contributed by atoms with van der Waals surface area (Å²) >= 11 is 0. The molecule has 1 N–H and O–H groups in total. The van der Waals surface area contributed by atoms with Gasteiger partial charge in [-0.3, -0.25) is 4.90 Å². The van der Waals surface area contributed by atoms with E-state index in [4.69, 9.17) is 4.74 Å². The van der Waals surface area contributed by atoms with Gasteiger partial charge in [-0.2, -0.15) is 0 Å². The minimum absolute atomic E-state index is 0.609. The molecular formula is C8H18N2O. The van der Waals surface area contributed by atoms with E-state index in [1.54, 1.807) is 7.11 Å². The zero-order valence-electron chi connectivity index (χ0n) is 7.63. The summed E-state index contributed by atoms with van der Waals surface area (Å²) in [6.45, 7) is 2.00. The molecule has 0 aromatic heterocycles. The first-order valence-corrected chi connectivity index (χ1v) is 4.14. The van der Waals surface area contributed by atoms with Gasteiger partial charge in [0, 0.05) is 25.7 Å². The Hall–Kier alpha value is -0.120. The van der Waals surface area contributed by atoms with E-state index < -0.39 is 0 Å². The molecule has 0 aromatic carbocycles. The number of hydrogen-bond acceptors (Lipinski definition) is 3. The fraction of sp³-hybridized carbons (Fsp3) is 1.00. The van der Waals surface area contributed by atoms with Crippen molar-refractivity contribution in [3.8, 4) is 0 Å². The Morgan fingerprint density at radius 1 is 1.64 bits per heavy atom. The summed E-state index contributed by atoms with van der Waals surface area (Å²) in [5.74, 6) is 0. The van der Waals surface area contributed by atoms with Crippen LogP contribution in [0, 0.1) is 0 Å². The second-order valence-corrected chi connectivity index (χ2v) is 3.27. The van der Waals surface area contributed by atoms with E-state index in [1.165, 1.54) is 6.42 Å². The summed E-state index contributed by atoms with van der Waals surface area (Å²) in [5.41, 5.74) is 0. The molecule has 1 rings (SSSR count). The van der Waals surface area contributed by atoms with Gasteiger partial charge in [-0.1, -0.05) is 0 Å². The minimum atomic E-state index is 0.609. The van der Waals surface area contributed by atoms with Crippen molar-refractivity contribution >= 4 is 0 Å². The van der Waals surface area contributed by atoms with Crippen LogP contribution >= 0.6 is 0 Å². The molecule has 3 heteroatoms. The van der Waals surface area contributed by atoms with Gasteiger partial charge in [-0.25, -0.2) is 0 Å². The van der Waals surface area contributed by atoms with Crippen molar-refractivity contribution in [1.29, 1.82) is 0 Å². The number of rotatable bonds is 3. The number of methoxy groups -OCH3 is 1. The van der Waals surface area contributed by atoms with E-state index in [1.807, 2.05) is 7.05 Å². The molecule has 1 saturated heterocycles. The maximum absolute atomic E-state index is 5.12. The molecular weight excluding hydrogens is 140 g/mol. The van der Waals surface area contributed by atoms with Crippen LogP contribution in [0.5, 0.6) is 0 Å². The SMILES string of the molecule is CN[C@H]1C[C@@H](COC)N(C)C1. The van der Waals surface area contributed by atoms with Gasteiger partial charge in [0.2, 0.25) is 0 Å². The highest BCUT2D eigenvalue weighted by atomic mass is 16.5. The molecule has 0 amide bonds. The van der Waals surface area contributed by atoms with Gasteiger partial charge >= 0.3 is 0 Å². The monoisotopic (exact) mass is 158 g/mol. The number of nitrogens with one attached hydrogen (secondary N) is 1. The molecule has 66 valence electrons. The van der Waals surface area contributed by atoms with Gasteiger partial charge in [0.1, 0.15) is 0 Å². The van der Waals surface area contributed by atoms with Crippen LogP contribution in [0.15, 0.2) is 0 Å². The van der Waals surface area contributed by atoms with Crippen molar-refractivity contribution in [3.63, 3.8) is 0 Å². The second kappa shape index (κ2) is 4.04. The maximum Gasteiger partial charge on any atom is 0.0618 e. The summed E-state index contributed by atoms with van der Waals surface area (Å²) in [5, 5.41) is 3.29. The summed E-state index contributed by atoms with van der Waals surface area (Å²) in [6.07, 6.45) is 1.21. The molecule has 1 aliphatic heterocycles. The second-order valence-electron chi connectivity index (χ2n) is 3.27. The third kappa shape index (κ3) is 2.15. The van der Waals surface area contributed by atoms with Crippen LogP contribution in [0.25, 0.3) is 0 Å². The van der Waals surface area contributed by atoms with Crippen LogP contribution < -0.4 is 5.32 Å². The Morgan fingerprint density at radius 2 is 2.36 bits per heavy atom. The lowest BCUT2D eigenvalue weighted by Gasteiger charge is -2.17. The highest BCUT2D eigenvalue weighted by molar-refractivity contribution is 4.86. The van der Waals surface area contributed by atoms with Crippen LogP contribution in [-0.2, 0) is 4.74 Å². The highest BCUT2D eigenvalue weighted by Gasteiger charge is 2.27. The normalized spacial score (nSPS) is 33.0. The molecule has 0 spiro atoms. The van der Waals surface area contributed by atoms with Gasteiger partial charge in [0.15, 0.2) is 0 Å².